The van der Waals surface area contributed by atoms with Crippen LogP contribution in [0.25, 0.3) is 0 Å². The van der Waals surface area contributed by atoms with Crippen LogP contribution in [0, 0.1) is 5.92 Å². The van der Waals surface area contributed by atoms with Crippen LogP contribution in [0.3, 0.4) is 0 Å². The van der Waals surface area contributed by atoms with Gasteiger partial charge in [0.05, 0.1) is 9.90 Å². The summed E-state index contributed by atoms with van der Waals surface area (Å²) in [5.41, 5.74) is 0. The van der Waals surface area contributed by atoms with Gasteiger partial charge in [-0.05, 0) is 43.3 Å². The van der Waals surface area contributed by atoms with Gasteiger partial charge < -0.3 is 5.32 Å². The average Bonchev–Trinajstić information content (AvgIpc) is 2.66. The fraction of sp³-hybridized carbons (Fsp3) is 0.545. The molecule has 0 unspecified atom stereocenters. The van der Waals surface area contributed by atoms with Crippen molar-refractivity contribution in [2.45, 2.75) is 19.3 Å². The molecule has 15 heavy (non-hydrogen) atoms. The fourth-order valence-electron chi connectivity index (χ4n) is 1.93. The fourth-order valence-corrected chi connectivity index (χ4v) is 3.05. The van der Waals surface area contributed by atoms with Crippen molar-refractivity contribution >= 4 is 28.7 Å². The molecule has 1 N–H and O–H groups in total. The third-order valence-corrected chi connectivity index (χ3v) is 4.19. The van der Waals surface area contributed by atoms with Crippen molar-refractivity contribution in [2.24, 2.45) is 5.92 Å². The maximum atomic E-state index is 11.9. The molecule has 0 saturated carbocycles. The number of thiophene rings is 1. The van der Waals surface area contributed by atoms with E-state index in [1.807, 2.05) is 5.38 Å². The van der Waals surface area contributed by atoms with E-state index >= 15 is 0 Å². The number of Topliss-reactive ketones (excluding diaryl/α,β-unsaturated/α-hetero) is 1. The Labute approximate surface area is 98.6 Å². The maximum Gasteiger partial charge on any atom is 0.174 e. The highest BCUT2D eigenvalue weighted by Crippen LogP contribution is 2.26. The molecule has 0 spiro atoms. The second-order valence-corrected chi connectivity index (χ2v) is 5.24. The molecule has 1 saturated heterocycles. The molecule has 2 heterocycles. The topological polar surface area (TPSA) is 29.1 Å². The molecule has 0 radical (unpaired) electrons. The van der Waals surface area contributed by atoms with E-state index < -0.39 is 0 Å². The van der Waals surface area contributed by atoms with Crippen LogP contribution >= 0.6 is 22.9 Å². The molecule has 82 valence electrons. The molecule has 1 aliphatic rings. The summed E-state index contributed by atoms with van der Waals surface area (Å²) in [5.74, 6) is 0.749. The third-order valence-electron chi connectivity index (χ3n) is 2.80. The number of halogens is 1. The van der Waals surface area contributed by atoms with Gasteiger partial charge in [0.1, 0.15) is 0 Å². The molecule has 1 aliphatic heterocycles. The van der Waals surface area contributed by atoms with Crippen molar-refractivity contribution in [3.63, 3.8) is 0 Å². The minimum absolute atomic E-state index is 0.210. The summed E-state index contributed by atoms with van der Waals surface area (Å²) in [7, 11) is 0. The number of nitrogens with one attached hydrogen (secondary N) is 1. The predicted octanol–water partition coefficient (Wildman–Crippen LogP) is 2.97. The van der Waals surface area contributed by atoms with Crippen molar-refractivity contribution in [3.05, 3.63) is 21.3 Å². The monoisotopic (exact) mass is 243 g/mol. The number of piperidine rings is 1. The molecule has 0 atom stereocenters. The summed E-state index contributed by atoms with van der Waals surface area (Å²) in [5, 5.41) is 5.78. The highest BCUT2D eigenvalue weighted by molar-refractivity contribution is 7.12. The zero-order chi connectivity index (χ0) is 10.7. The van der Waals surface area contributed by atoms with Gasteiger partial charge in [0, 0.05) is 6.42 Å². The summed E-state index contributed by atoms with van der Waals surface area (Å²) < 4.78 is 0. The first-order chi connectivity index (χ1) is 7.27. The lowest BCUT2D eigenvalue weighted by atomic mass is 9.92. The first-order valence-corrected chi connectivity index (χ1v) is 6.50. The Morgan fingerprint density at radius 2 is 2.27 bits per heavy atom. The van der Waals surface area contributed by atoms with E-state index in [4.69, 9.17) is 11.6 Å². The zero-order valence-electron chi connectivity index (χ0n) is 8.46. The second-order valence-electron chi connectivity index (χ2n) is 3.92. The lowest BCUT2D eigenvalue weighted by Gasteiger charge is -2.21. The van der Waals surface area contributed by atoms with Gasteiger partial charge in [-0.1, -0.05) is 11.6 Å². The molecule has 1 fully saturated rings. The summed E-state index contributed by atoms with van der Waals surface area (Å²) in [6, 6.07) is 1.79. The van der Waals surface area contributed by atoms with Crippen LogP contribution in [0.5, 0.6) is 0 Å². The van der Waals surface area contributed by atoms with Crippen molar-refractivity contribution in [3.8, 4) is 0 Å². The van der Waals surface area contributed by atoms with Gasteiger partial charge in [-0.25, -0.2) is 0 Å². The lowest BCUT2D eigenvalue weighted by Crippen LogP contribution is -2.28. The van der Waals surface area contributed by atoms with Crippen molar-refractivity contribution in [2.75, 3.05) is 13.1 Å². The van der Waals surface area contributed by atoms with E-state index in [1.54, 1.807) is 6.07 Å². The van der Waals surface area contributed by atoms with Crippen LogP contribution < -0.4 is 5.32 Å². The van der Waals surface area contributed by atoms with Gasteiger partial charge in [0.15, 0.2) is 5.78 Å². The van der Waals surface area contributed by atoms with Gasteiger partial charge in [-0.15, -0.1) is 11.3 Å². The number of hydrogen-bond acceptors (Lipinski definition) is 3. The molecule has 0 bridgehead atoms. The van der Waals surface area contributed by atoms with Crippen LogP contribution in [-0.4, -0.2) is 18.9 Å². The molecular formula is C11H14ClNOS. The molecule has 0 amide bonds. The summed E-state index contributed by atoms with van der Waals surface area (Å²) in [4.78, 5) is 12.6. The van der Waals surface area contributed by atoms with Crippen molar-refractivity contribution in [1.29, 1.82) is 0 Å². The van der Waals surface area contributed by atoms with Gasteiger partial charge in [-0.2, -0.15) is 0 Å². The number of carbonyl (C=O) groups excluding carboxylic acids is 1. The number of carbonyl (C=O) groups is 1. The first-order valence-electron chi connectivity index (χ1n) is 5.24. The Bertz CT molecular complexity index is 344. The highest BCUT2D eigenvalue weighted by atomic mass is 35.5. The summed E-state index contributed by atoms with van der Waals surface area (Å²) >= 11 is 7.38. The highest BCUT2D eigenvalue weighted by Gasteiger charge is 2.19. The first kappa shape index (κ1) is 11.1. The Balaban J connectivity index is 1.94. The molecule has 0 aliphatic carbocycles. The Morgan fingerprint density at radius 1 is 1.53 bits per heavy atom. The standard InChI is InChI=1S/C11H14ClNOS/c12-9-3-6-15-11(9)10(14)7-8-1-4-13-5-2-8/h3,6,8,13H,1-2,4-5,7H2. The summed E-state index contributed by atoms with van der Waals surface area (Å²) in [6.07, 6.45) is 2.87. The molecule has 0 aromatic carbocycles. The Hall–Kier alpha value is -0.380. The molecule has 4 heteroatoms. The van der Waals surface area contributed by atoms with Crippen LogP contribution in [0.15, 0.2) is 11.4 Å². The van der Waals surface area contributed by atoms with Crippen molar-refractivity contribution < 1.29 is 4.79 Å². The van der Waals surface area contributed by atoms with Crippen LogP contribution in [0.1, 0.15) is 28.9 Å². The SMILES string of the molecule is O=C(CC1CCNCC1)c1sccc1Cl. The molecule has 2 rings (SSSR count). The molecular weight excluding hydrogens is 230 g/mol. The summed E-state index contributed by atoms with van der Waals surface area (Å²) in [6.45, 7) is 2.08. The van der Waals surface area contributed by atoms with Gasteiger partial charge in [-0.3, -0.25) is 4.79 Å². The Morgan fingerprint density at radius 3 is 2.87 bits per heavy atom. The van der Waals surface area contributed by atoms with Gasteiger partial charge >= 0.3 is 0 Å². The van der Waals surface area contributed by atoms with Crippen molar-refractivity contribution in [1.82, 2.24) is 5.32 Å². The second kappa shape index (κ2) is 5.10. The molecule has 2 nitrogen and oxygen atoms in total. The van der Waals surface area contributed by atoms with E-state index in [1.165, 1.54) is 11.3 Å². The molecule has 1 aromatic rings. The number of hydrogen-bond donors (Lipinski definition) is 1. The van der Waals surface area contributed by atoms with Crippen LogP contribution in [0.4, 0.5) is 0 Å². The third kappa shape index (κ3) is 2.80. The number of ketones is 1. The maximum absolute atomic E-state index is 11.9. The zero-order valence-corrected chi connectivity index (χ0v) is 10.0. The molecule has 1 aromatic heterocycles. The normalized spacial score (nSPS) is 17.9. The lowest BCUT2D eigenvalue weighted by molar-refractivity contribution is 0.0956. The van der Waals surface area contributed by atoms with E-state index in [0.717, 1.165) is 30.8 Å². The van der Waals surface area contributed by atoms with Gasteiger partial charge in [0.25, 0.3) is 0 Å². The minimum atomic E-state index is 0.210. The van der Waals surface area contributed by atoms with E-state index in [-0.39, 0.29) is 5.78 Å². The van der Waals surface area contributed by atoms with Crippen LogP contribution in [-0.2, 0) is 0 Å². The smallest absolute Gasteiger partial charge is 0.174 e. The predicted molar refractivity (Wildman–Crippen MR) is 63.9 cm³/mol. The average molecular weight is 244 g/mol. The van der Waals surface area contributed by atoms with E-state index in [0.29, 0.717) is 17.4 Å². The van der Waals surface area contributed by atoms with Crippen LogP contribution in [0.2, 0.25) is 5.02 Å². The quantitative estimate of drug-likeness (QED) is 0.827. The Kier molecular flexibility index (Phi) is 3.78. The van der Waals surface area contributed by atoms with Gasteiger partial charge in [0.2, 0.25) is 0 Å². The minimum Gasteiger partial charge on any atom is -0.317 e. The largest absolute Gasteiger partial charge is 0.317 e. The van der Waals surface area contributed by atoms with E-state index in [2.05, 4.69) is 5.32 Å². The van der Waals surface area contributed by atoms with E-state index in [9.17, 15) is 4.79 Å². The number of rotatable bonds is 3.